The van der Waals surface area contributed by atoms with E-state index in [9.17, 15) is 14.7 Å². The van der Waals surface area contributed by atoms with Crippen LogP contribution in [0.2, 0.25) is 0 Å². The molecule has 3 aliphatic rings. The summed E-state index contributed by atoms with van der Waals surface area (Å²) in [5, 5.41) is 13.6. The Morgan fingerprint density at radius 1 is 1.22 bits per heavy atom. The largest absolute Gasteiger partial charge is 0.396 e. The zero-order valence-electron chi connectivity index (χ0n) is 21.0. The molecule has 5 rings (SSSR count). The third-order valence-electron chi connectivity index (χ3n) is 7.97. The van der Waals surface area contributed by atoms with E-state index in [4.69, 9.17) is 4.74 Å². The van der Waals surface area contributed by atoms with Gasteiger partial charge >= 0.3 is 0 Å². The highest BCUT2D eigenvalue weighted by molar-refractivity contribution is 5.82. The molecule has 0 radical (unpaired) electrons. The summed E-state index contributed by atoms with van der Waals surface area (Å²) in [4.78, 5) is 35.6. The number of hydrogen-bond acceptors (Lipinski definition) is 7. The minimum atomic E-state index is -0.393. The van der Waals surface area contributed by atoms with E-state index >= 15 is 0 Å². The molecule has 9 nitrogen and oxygen atoms in total. The van der Waals surface area contributed by atoms with Gasteiger partial charge < -0.3 is 19.7 Å². The van der Waals surface area contributed by atoms with E-state index in [1.165, 1.54) is 0 Å². The molecule has 4 atom stereocenters. The number of morpholine rings is 1. The number of aromatic nitrogens is 2. The molecule has 0 bridgehead atoms. The third kappa shape index (κ3) is 4.72. The molecule has 3 aliphatic heterocycles. The number of amides is 1. The number of likely N-dealkylation sites (tertiary alicyclic amines) is 1. The van der Waals surface area contributed by atoms with Crippen LogP contribution in [0.4, 0.5) is 0 Å². The average molecular weight is 496 g/mol. The Bertz CT molecular complexity index is 1100. The molecule has 5 heterocycles. The van der Waals surface area contributed by atoms with Crippen LogP contribution in [-0.4, -0.2) is 89.0 Å². The van der Waals surface area contributed by atoms with Gasteiger partial charge in [0.2, 0.25) is 5.91 Å². The van der Waals surface area contributed by atoms with E-state index < -0.39 is 6.04 Å². The van der Waals surface area contributed by atoms with Crippen molar-refractivity contribution in [1.29, 1.82) is 0 Å². The Morgan fingerprint density at radius 3 is 2.78 bits per heavy atom. The Balaban J connectivity index is 1.33. The normalized spacial score (nSPS) is 26.1. The lowest BCUT2D eigenvalue weighted by Gasteiger charge is -2.31. The molecule has 2 aromatic heterocycles. The lowest BCUT2D eigenvalue weighted by molar-refractivity contribution is -0.127. The number of fused-ring (bicyclic) bond motifs is 3. The van der Waals surface area contributed by atoms with Gasteiger partial charge in [-0.1, -0.05) is 13.0 Å². The van der Waals surface area contributed by atoms with Crippen LogP contribution in [0.15, 0.2) is 41.5 Å². The zero-order valence-corrected chi connectivity index (χ0v) is 21.0. The van der Waals surface area contributed by atoms with Gasteiger partial charge in [-0.15, -0.1) is 0 Å². The van der Waals surface area contributed by atoms with E-state index in [2.05, 4.69) is 27.0 Å². The van der Waals surface area contributed by atoms with Crippen molar-refractivity contribution in [2.24, 2.45) is 11.8 Å². The summed E-state index contributed by atoms with van der Waals surface area (Å²) in [6.07, 6.45) is 5.18. The predicted molar refractivity (Wildman–Crippen MR) is 136 cm³/mol. The Kier molecular flexibility index (Phi) is 7.81. The van der Waals surface area contributed by atoms with Crippen LogP contribution in [0.5, 0.6) is 0 Å². The smallest absolute Gasteiger partial charge is 0.258 e. The second-order valence-corrected chi connectivity index (χ2v) is 10.1. The molecule has 9 heteroatoms. The van der Waals surface area contributed by atoms with Gasteiger partial charge in [-0.2, -0.15) is 0 Å². The summed E-state index contributed by atoms with van der Waals surface area (Å²) in [5.74, 6) is -0.218. The fraction of sp³-hybridized carbons (Fsp3) is 0.593. The maximum Gasteiger partial charge on any atom is 0.258 e. The van der Waals surface area contributed by atoms with E-state index in [-0.39, 0.29) is 36.0 Å². The van der Waals surface area contributed by atoms with Crippen LogP contribution < -0.4 is 10.9 Å². The predicted octanol–water partition coefficient (Wildman–Crippen LogP) is 1.12. The van der Waals surface area contributed by atoms with Gasteiger partial charge in [0.1, 0.15) is 0 Å². The van der Waals surface area contributed by atoms with Crippen molar-refractivity contribution in [3.05, 3.63) is 52.7 Å². The number of ether oxygens (including phenoxy) is 1. The monoisotopic (exact) mass is 495 g/mol. The summed E-state index contributed by atoms with van der Waals surface area (Å²) < 4.78 is 7.25. The van der Waals surface area contributed by atoms with Crippen molar-refractivity contribution < 1.29 is 14.6 Å². The second-order valence-electron chi connectivity index (χ2n) is 10.1. The SMILES string of the molecule is CCCN1[C@H](C(=O)NCCCN2CCOCC2)[C@@H](CO)[C@@H]2Cn3c(ccc(-c4cccnc4)c3=O)[C@@H]21. The van der Waals surface area contributed by atoms with Crippen LogP contribution >= 0.6 is 0 Å². The molecule has 2 aromatic rings. The number of carbonyl (C=O) groups excluding carboxylic acids is 1. The van der Waals surface area contributed by atoms with Gasteiger partial charge in [0, 0.05) is 73.8 Å². The zero-order chi connectivity index (χ0) is 25.1. The average Bonchev–Trinajstić information content (AvgIpc) is 3.43. The molecular formula is C27H37N5O4. The van der Waals surface area contributed by atoms with Crippen molar-refractivity contribution in [3.63, 3.8) is 0 Å². The van der Waals surface area contributed by atoms with Crippen molar-refractivity contribution in [3.8, 4) is 11.1 Å². The molecule has 0 spiro atoms. The van der Waals surface area contributed by atoms with Gasteiger partial charge in [0.25, 0.3) is 5.56 Å². The van der Waals surface area contributed by atoms with Crippen LogP contribution in [0, 0.1) is 11.8 Å². The first-order valence-corrected chi connectivity index (χ1v) is 13.2. The Hall–Kier alpha value is -2.59. The Labute approximate surface area is 212 Å². The lowest BCUT2D eigenvalue weighted by atomic mass is 9.88. The number of aliphatic hydroxyl groups is 1. The number of nitrogens with one attached hydrogen (secondary N) is 1. The van der Waals surface area contributed by atoms with Crippen molar-refractivity contribution in [2.75, 3.05) is 52.5 Å². The fourth-order valence-corrected chi connectivity index (χ4v) is 6.31. The van der Waals surface area contributed by atoms with E-state index in [1.807, 2.05) is 28.8 Å². The summed E-state index contributed by atoms with van der Waals surface area (Å²) >= 11 is 0. The molecule has 2 fully saturated rings. The first-order chi connectivity index (χ1) is 17.6. The minimum Gasteiger partial charge on any atom is -0.396 e. The Morgan fingerprint density at radius 2 is 2.06 bits per heavy atom. The quantitative estimate of drug-likeness (QED) is 0.503. The summed E-state index contributed by atoms with van der Waals surface area (Å²) in [5.41, 5.74) is 2.33. The molecule has 0 unspecified atom stereocenters. The molecule has 2 saturated heterocycles. The summed E-state index contributed by atoms with van der Waals surface area (Å²) in [6, 6.07) is 7.18. The highest BCUT2D eigenvalue weighted by Crippen LogP contribution is 2.49. The number of pyridine rings is 2. The second kappa shape index (κ2) is 11.2. The van der Waals surface area contributed by atoms with Gasteiger partial charge in [0.15, 0.2) is 0 Å². The summed E-state index contributed by atoms with van der Waals surface area (Å²) in [6.45, 7) is 8.27. The third-order valence-corrected chi connectivity index (χ3v) is 7.97. The van der Waals surface area contributed by atoms with Crippen LogP contribution in [0.1, 0.15) is 31.5 Å². The molecule has 0 aliphatic carbocycles. The maximum absolute atomic E-state index is 13.4. The van der Waals surface area contributed by atoms with Gasteiger partial charge in [-0.25, -0.2) is 0 Å². The van der Waals surface area contributed by atoms with Crippen LogP contribution in [-0.2, 0) is 16.1 Å². The van der Waals surface area contributed by atoms with Crippen molar-refractivity contribution in [1.82, 2.24) is 24.7 Å². The number of hydrogen-bond donors (Lipinski definition) is 2. The van der Waals surface area contributed by atoms with Crippen LogP contribution in [0.3, 0.4) is 0 Å². The lowest BCUT2D eigenvalue weighted by Crippen LogP contribution is -2.49. The standard InChI is InChI=1S/C27H37N5O4/c1-2-10-31-24-21(17-32-23(24)7-6-20(27(32)35)19-5-3-8-28-16-19)22(18-33)25(31)26(34)29-9-4-11-30-12-14-36-15-13-30/h3,5-8,16,21-22,24-25,33H,2,4,9-15,17-18H2,1H3,(H,29,34)/t21-,22-,24+,25-/m0/s1. The molecular weight excluding hydrogens is 458 g/mol. The van der Waals surface area contributed by atoms with Crippen molar-refractivity contribution >= 4 is 5.91 Å². The highest BCUT2D eigenvalue weighted by Gasteiger charge is 2.55. The summed E-state index contributed by atoms with van der Waals surface area (Å²) in [7, 11) is 0. The fourth-order valence-electron chi connectivity index (χ4n) is 6.31. The van der Waals surface area contributed by atoms with Crippen molar-refractivity contribution in [2.45, 2.75) is 38.4 Å². The van der Waals surface area contributed by atoms with E-state index in [0.29, 0.717) is 18.7 Å². The van der Waals surface area contributed by atoms with Crippen LogP contribution in [0.25, 0.3) is 11.1 Å². The number of aliphatic hydroxyl groups excluding tert-OH is 1. The molecule has 36 heavy (non-hydrogen) atoms. The topological polar surface area (TPSA) is 99.9 Å². The number of nitrogens with zero attached hydrogens (tertiary/aromatic N) is 4. The first-order valence-electron chi connectivity index (χ1n) is 13.2. The molecule has 194 valence electrons. The van der Waals surface area contributed by atoms with E-state index in [1.54, 1.807) is 12.4 Å². The molecule has 2 N–H and O–H groups in total. The maximum atomic E-state index is 13.4. The number of carbonyl (C=O) groups is 1. The minimum absolute atomic E-state index is 0.0141. The first kappa shape index (κ1) is 25.1. The molecule has 0 saturated carbocycles. The van der Waals surface area contributed by atoms with Gasteiger partial charge in [-0.3, -0.25) is 24.4 Å². The van der Waals surface area contributed by atoms with Gasteiger partial charge in [0.05, 0.1) is 25.3 Å². The van der Waals surface area contributed by atoms with E-state index in [0.717, 1.165) is 63.5 Å². The number of rotatable bonds is 9. The molecule has 1 amide bonds. The highest BCUT2D eigenvalue weighted by atomic mass is 16.5. The van der Waals surface area contributed by atoms with Gasteiger partial charge in [-0.05, 0) is 44.1 Å². The molecule has 0 aromatic carbocycles.